The Morgan fingerprint density at radius 2 is 2.00 bits per heavy atom. The van der Waals surface area contributed by atoms with Gasteiger partial charge >= 0.3 is 0 Å². The molecule has 1 N–H and O–H groups in total. The van der Waals surface area contributed by atoms with Crippen LogP contribution in [0.2, 0.25) is 0 Å². The van der Waals surface area contributed by atoms with E-state index >= 15 is 0 Å². The molecule has 0 amide bonds. The van der Waals surface area contributed by atoms with Gasteiger partial charge in [-0.05, 0) is 61.3 Å². The van der Waals surface area contributed by atoms with Gasteiger partial charge in [-0.25, -0.2) is 4.39 Å². The molecule has 1 fully saturated rings. The van der Waals surface area contributed by atoms with Crippen molar-refractivity contribution in [3.8, 4) is 5.75 Å². The molecular formula is C21H27FN2O. The summed E-state index contributed by atoms with van der Waals surface area (Å²) < 4.78 is 18.8. The zero-order valence-corrected chi connectivity index (χ0v) is 14.9. The number of likely N-dealkylation sites (N-methyl/N-ethyl adjacent to an activating group) is 1. The van der Waals surface area contributed by atoms with Gasteiger partial charge in [0.05, 0.1) is 0 Å². The molecule has 3 rings (SSSR count). The Balaban J connectivity index is 1.47. The first kappa shape index (κ1) is 17.9. The number of nitrogens with one attached hydrogen (secondary N) is 1. The van der Waals surface area contributed by atoms with Gasteiger partial charge in [-0.1, -0.05) is 31.2 Å². The lowest BCUT2D eigenvalue weighted by molar-refractivity contribution is 0.260. The van der Waals surface area contributed by atoms with Crippen molar-refractivity contribution < 1.29 is 9.13 Å². The second-order valence-corrected chi connectivity index (χ2v) is 6.62. The molecule has 0 spiro atoms. The molecule has 134 valence electrons. The summed E-state index contributed by atoms with van der Waals surface area (Å²) in [5.41, 5.74) is 2.18. The maximum atomic E-state index is 12.9. The minimum Gasteiger partial charge on any atom is -0.489 e. The lowest BCUT2D eigenvalue weighted by Gasteiger charge is -2.23. The van der Waals surface area contributed by atoms with Crippen molar-refractivity contribution in [1.29, 1.82) is 0 Å². The van der Waals surface area contributed by atoms with Crippen LogP contribution in [-0.4, -0.2) is 30.6 Å². The lowest BCUT2D eigenvalue weighted by Crippen LogP contribution is -2.37. The molecule has 1 saturated heterocycles. The van der Waals surface area contributed by atoms with Gasteiger partial charge in [-0.2, -0.15) is 0 Å². The summed E-state index contributed by atoms with van der Waals surface area (Å²) in [5.74, 6) is 0.625. The van der Waals surface area contributed by atoms with Gasteiger partial charge in [-0.3, -0.25) is 4.90 Å². The highest BCUT2D eigenvalue weighted by atomic mass is 19.1. The van der Waals surface area contributed by atoms with Crippen LogP contribution < -0.4 is 10.1 Å². The first-order valence-electron chi connectivity index (χ1n) is 9.15. The van der Waals surface area contributed by atoms with Gasteiger partial charge in [0.15, 0.2) is 0 Å². The Labute approximate surface area is 149 Å². The summed E-state index contributed by atoms with van der Waals surface area (Å²) in [4.78, 5) is 2.55. The Morgan fingerprint density at radius 3 is 2.80 bits per heavy atom. The van der Waals surface area contributed by atoms with E-state index in [2.05, 4.69) is 29.3 Å². The summed E-state index contributed by atoms with van der Waals surface area (Å²) in [7, 11) is 0. The van der Waals surface area contributed by atoms with Crippen LogP contribution in [0.4, 0.5) is 4.39 Å². The fourth-order valence-corrected chi connectivity index (χ4v) is 3.42. The van der Waals surface area contributed by atoms with Crippen molar-refractivity contribution in [2.45, 2.75) is 39.0 Å². The van der Waals surface area contributed by atoms with Crippen LogP contribution in [0.3, 0.4) is 0 Å². The summed E-state index contributed by atoms with van der Waals surface area (Å²) in [6.45, 7) is 6.94. The van der Waals surface area contributed by atoms with Gasteiger partial charge in [0.2, 0.25) is 0 Å². The standard InChI is InChI=1S/C21H27FN2O/c1-2-24-12-4-6-20(24)15-23-14-18-5-3-7-21(13-18)25-16-17-8-10-19(22)11-9-17/h3,5,7-11,13,20,23H,2,4,6,12,14-16H2,1H3. The Hall–Kier alpha value is -1.91. The van der Waals surface area contributed by atoms with Crippen LogP contribution in [0.5, 0.6) is 5.75 Å². The molecule has 0 saturated carbocycles. The number of nitrogens with zero attached hydrogens (tertiary/aromatic N) is 1. The lowest BCUT2D eigenvalue weighted by atomic mass is 10.2. The molecule has 2 aromatic rings. The largest absolute Gasteiger partial charge is 0.489 e. The van der Waals surface area contributed by atoms with E-state index in [0.717, 1.165) is 30.9 Å². The average molecular weight is 342 g/mol. The molecule has 1 atom stereocenters. The zero-order valence-electron chi connectivity index (χ0n) is 14.9. The predicted molar refractivity (Wildman–Crippen MR) is 99.1 cm³/mol. The van der Waals surface area contributed by atoms with E-state index in [4.69, 9.17) is 4.74 Å². The molecular weight excluding hydrogens is 315 g/mol. The summed E-state index contributed by atoms with van der Waals surface area (Å²) in [5, 5.41) is 3.58. The zero-order chi connectivity index (χ0) is 17.5. The summed E-state index contributed by atoms with van der Waals surface area (Å²) >= 11 is 0. The van der Waals surface area contributed by atoms with Gasteiger partial charge in [0, 0.05) is 19.1 Å². The maximum absolute atomic E-state index is 12.9. The molecule has 1 unspecified atom stereocenters. The maximum Gasteiger partial charge on any atom is 0.123 e. The molecule has 0 aliphatic carbocycles. The molecule has 1 heterocycles. The molecule has 1 aliphatic heterocycles. The average Bonchev–Trinajstić information content (AvgIpc) is 3.09. The number of hydrogen-bond donors (Lipinski definition) is 1. The molecule has 1 aliphatic rings. The van der Waals surface area contributed by atoms with Crippen LogP contribution in [0, 0.1) is 5.82 Å². The number of hydrogen-bond acceptors (Lipinski definition) is 3. The first-order valence-corrected chi connectivity index (χ1v) is 9.15. The van der Waals surface area contributed by atoms with Gasteiger partial charge in [-0.15, -0.1) is 0 Å². The smallest absolute Gasteiger partial charge is 0.123 e. The minimum atomic E-state index is -0.222. The van der Waals surface area contributed by atoms with Crippen molar-refractivity contribution in [3.63, 3.8) is 0 Å². The van der Waals surface area contributed by atoms with Gasteiger partial charge < -0.3 is 10.1 Å². The van der Waals surface area contributed by atoms with Gasteiger partial charge in [0.25, 0.3) is 0 Å². The van der Waals surface area contributed by atoms with E-state index in [9.17, 15) is 4.39 Å². The van der Waals surface area contributed by atoms with Crippen LogP contribution in [-0.2, 0) is 13.2 Å². The van der Waals surface area contributed by atoms with Crippen LogP contribution in [0.1, 0.15) is 30.9 Å². The van der Waals surface area contributed by atoms with E-state index in [0.29, 0.717) is 12.6 Å². The summed E-state index contributed by atoms with van der Waals surface area (Å²) in [6.07, 6.45) is 2.61. The molecule has 0 aromatic heterocycles. The van der Waals surface area contributed by atoms with E-state index in [1.165, 1.54) is 37.1 Å². The second kappa shape index (κ2) is 8.97. The fourth-order valence-electron chi connectivity index (χ4n) is 3.42. The highest BCUT2D eigenvalue weighted by Gasteiger charge is 2.21. The van der Waals surface area contributed by atoms with Crippen LogP contribution in [0.25, 0.3) is 0 Å². The highest BCUT2D eigenvalue weighted by molar-refractivity contribution is 5.29. The third kappa shape index (κ3) is 5.28. The normalized spacial score (nSPS) is 17.8. The van der Waals surface area contributed by atoms with Crippen molar-refractivity contribution in [2.24, 2.45) is 0 Å². The molecule has 4 heteroatoms. The van der Waals surface area contributed by atoms with E-state index in [1.54, 1.807) is 12.1 Å². The van der Waals surface area contributed by atoms with Crippen molar-refractivity contribution in [3.05, 3.63) is 65.5 Å². The molecule has 2 aromatic carbocycles. The van der Waals surface area contributed by atoms with Crippen molar-refractivity contribution >= 4 is 0 Å². The SMILES string of the molecule is CCN1CCCC1CNCc1cccc(OCc2ccc(F)cc2)c1. The third-order valence-electron chi connectivity index (χ3n) is 4.83. The third-order valence-corrected chi connectivity index (χ3v) is 4.83. The summed E-state index contributed by atoms with van der Waals surface area (Å²) in [6, 6.07) is 15.3. The first-order chi connectivity index (χ1) is 12.2. The Kier molecular flexibility index (Phi) is 6.42. The van der Waals surface area contributed by atoms with Crippen molar-refractivity contribution in [1.82, 2.24) is 10.2 Å². The molecule has 25 heavy (non-hydrogen) atoms. The fraction of sp³-hybridized carbons (Fsp3) is 0.429. The number of ether oxygens (including phenoxy) is 1. The van der Waals surface area contributed by atoms with Crippen molar-refractivity contribution in [2.75, 3.05) is 19.6 Å². The van der Waals surface area contributed by atoms with Crippen LogP contribution in [0.15, 0.2) is 48.5 Å². The molecule has 0 radical (unpaired) electrons. The molecule has 3 nitrogen and oxygen atoms in total. The van der Waals surface area contributed by atoms with E-state index in [1.807, 2.05) is 12.1 Å². The Bertz CT molecular complexity index is 659. The quantitative estimate of drug-likeness (QED) is 0.785. The number of halogens is 1. The van der Waals surface area contributed by atoms with Gasteiger partial charge in [0.1, 0.15) is 18.2 Å². The Morgan fingerprint density at radius 1 is 1.16 bits per heavy atom. The van der Waals surface area contributed by atoms with E-state index < -0.39 is 0 Å². The molecule has 0 bridgehead atoms. The van der Waals surface area contributed by atoms with E-state index in [-0.39, 0.29) is 5.82 Å². The number of benzene rings is 2. The monoisotopic (exact) mass is 342 g/mol. The minimum absolute atomic E-state index is 0.222. The second-order valence-electron chi connectivity index (χ2n) is 6.62. The number of likely N-dealkylation sites (tertiary alicyclic amines) is 1. The van der Waals surface area contributed by atoms with Crippen LogP contribution >= 0.6 is 0 Å². The number of rotatable bonds is 8. The predicted octanol–water partition coefficient (Wildman–Crippen LogP) is 3.98. The highest BCUT2D eigenvalue weighted by Crippen LogP contribution is 2.17. The topological polar surface area (TPSA) is 24.5 Å².